The number of nitrogens with zero attached hydrogens (tertiary/aromatic N) is 1. The molecular formula is C13H10Cl2N2OS. The molecule has 3 nitrogen and oxygen atoms in total. The van der Waals surface area contributed by atoms with E-state index in [4.69, 9.17) is 23.2 Å². The number of carbonyl (C=O) groups excluding carboxylic acids is 1. The number of hydrogen-bond acceptors (Lipinski definition) is 3. The van der Waals surface area contributed by atoms with Crippen LogP contribution in [0.1, 0.15) is 11.5 Å². The molecule has 1 saturated carbocycles. The average molecular weight is 313 g/mol. The van der Waals surface area contributed by atoms with E-state index in [0.29, 0.717) is 5.13 Å². The molecule has 0 radical (unpaired) electrons. The molecule has 1 fully saturated rings. The van der Waals surface area contributed by atoms with Gasteiger partial charge in [0.15, 0.2) is 5.13 Å². The normalized spacial score (nSPS) is 23.9. The number of thiazole rings is 1. The Kier molecular flexibility index (Phi) is 3.25. The zero-order chi connectivity index (χ0) is 13.5. The van der Waals surface area contributed by atoms with Gasteiger partial charge in [-0.1, -0.05) is 30.3 Å². The number of rotatable bonds is 3. The standard InChI is InChI=1S/C13H10Cl2N2OS/c14-13(15)9(8-4-2-1-3-5-8)10(13)11(18)17-12-16-6-7-19-12/h1-7,9-10H,(H,16,17,18). The van der Waals surface area contributed by atoms with Crippen LogP contribution in [-0.2, 0) is 4.79 Å². The van der Waals surface area contributed by atoms with E-state index in [1.54, 1.807) is 11.6 Å². The van der Waals surface area contributed by atoms with Crippen molar-refractivity contribution in [2.24, 2.45) is 5.92 Å². The van der Waals surface area contributed by atoms with Crippen LogP contribution in [0.4, 0.5) is 5.13 Å². The molecule has 1 aliphatic rings. The van der Waals surface area contributed by atoms with Crippen LogP contribution in [0.25, 0.3) is 0 Å². The van der Waals surface area contributed by atoms with Crippen molar-refractivity contribution in [3.8, 4) is 0 Å². The molecule has 1 aromatic heterocycles. The second kappa shape index (κ2) is 4.78. The SMILES string of the molecule is O=C(Nc1nccs1)C1C(c2ccccc2)C1(Cl)Cl. The summed E-state index contributed by atoms with van der Waals surface area (Å²) in [5.74, 6) is -0.798. The molecule has 2 atom stereocenters. The molecule has 2 aromatic rings. The van der Waals surface area contributed by atoms with Gasteiger partial charge in [0.25, 0.3) is 0 Å². The van der Waals surface area contributed by atoms with E-state index in [-0.39, 0.29) is 11.8 Å². The first-order chi connectivity index (χ1) is 9.10. The van der Waals surface area contributed by atoms with Crippen molar-refractivity contribution in [2.45, 2.75) is 10.3 Å². The molecule has 19 heavy (non-hydrogen) atoms. The molecule has 1 aromatic carbocycles. The van der Waals surface area contributed by atoms with E-state index in [1.807, 2.05) is 30.3 Å². The lowest BCUT2D eigenvalue weighted by Crippen LogP contribution is -2.16. The Bertz CT molecular complexity index is 586. The van der Waals surface area contributed by atoms with Gasteiger partial charge in [0.05, 0.1) is 5.92 Å². The predicted molar refractivity (Wildman–Crippen MR) is 77.9 cm³/mol. The molecule has 1 N–H and O–H groups in total. The quantitative estimate of drug-likeness (QED) is 0.879. The van der Waals surface area contributed by atoms with Crippen molar-refractivity contribution in [3.05, 3.63) is 47.5 Å². The molecule has 6 heteroatoms. The first kappa shape index (κ1) is 12.9. The zero-order valence-electron chi connectivity index (χ0n) is 9.72. The number of carbonyl (C=O) groups is 1. The molecule has 1 heterocycles. The van der Waals surface area contributed by atoms with E-state index in [0.717, 1.165) is 5.56 Å². The maximum absolute atomic E-state index is 12.2. The minimum absolute atomic E-state index is 0.169. The minimum Gasteiger partial charge on any atom is -0.302 e. The summed E-state index contributed by atoms with van der Waals surface area (Å²) in [6, 6.07) is 9.60. The maximum Gasteiger partial charge on any atom is 0.233 e. The van der Waals surface area contributed by atoms with Gasteiger partial charge in [0.1, 0.15) is 4.33 Å². The van der Waals surface area contributed by atoms with Gasteiger partial charge in [0.2, 0.25) is 5.91 Å². The summed E-state index contributed by atoms with van der Waals surface area (Å²) in [5, 5.41) is 5.10. The molecule has 1 amide bonds. The first-order valence-electron chi connectivity index (χ1n) is 5.74. The number of amides is 1. The van der Waals surface area contributed by atoms with Gasteiger partial charge in [-0.2, -0.15) is 0 Å². The van der Waals surface area contributed by atoms with Crippen LogP contribution in [0.2, 0.25) is 0 Å². The highest BCUT2D eigenvalue weighted by molar-refractivity contribution is 7.13. The number of anilines is 1. The Morgan fingerprint density at radius 1 is 1.32 bits per heavy atom. The van der Waals surface area contributed by atoms with Crippen molar-refractivity contribution in [1.29, 1.82) is 0 Å². The van der Waals surface area contributed by atoms with Gasteiger partial charge >= 0.3 is 0 Å². The van der Waals surface area contributed by atoms with Gasteiger partial charge < -0.3 is 5.32 Å². The third-order valence-corrected chi connectivity index (χ3v) is 4.79. The van der Waals surface area contributed by atoms with Crippen molar-refractivity contribution in [1.82, 2.24) is 4.98 Å². The minimum atomic E-state index is -1.04. The fourth-order valence-corrected chi connectivity index (χ4v) is 3.56. The number of alkyl halides is 2. The Hall–Kier alpha value is -1.10. The summed E-state index contributed by atoms with van der Waals surface area (Å²) < 4.78 is -1.04. The van der Waals surface area contributed by atoms with Crippen LogP contribution in [0, 0.1) is 5.92 Å². The van der Waals surface area contributed by atoms with Crippen LogP contribution >= 0.6 is 34.5 Å². The van der Waals surface area contributed by atoms with E-state index in [1.165, 1.54) is 11.3 Å². The van der Waals surface area contributed by atoms with Crippen molar-refractivity contribution in [3.63, 3.8) is 0 Å². The van der Waals surface area contributed by atoms with E-state index >= 15 is 0 Å². The number of nitrogens with one attached hydrogen (secondary N) is 1. The number of hydrogen-bond donors (Lipinski definition) is 1. The van der Waals surface area contributed by atoms with Crippen molar-refractivity contribution in [2.75, 3.05) is 5.32 Å². The summed E-state index contributed by atoms with van der Waals surface area (Å²) >= 11 is 13.8. The summed E-state index contributed by atoms with van der Waals surface area (Å²) in [6.45, 7) is 0. The maximum atomic E-state index is 12.2. The molecule has 0 saturated heterocycles. The summed E-state index contributed by atoms with van der Waals surface area (Å²) in [7, 11) is 0. The molecule has 3 rings (SSSR count). The molecule has 2 unspecified atom stereocenters. The van der Waals surface area contributed by atoms with Crippen molar-refractivity contribution < 1.29 is 4.79 Å². The molecule has 0 spiro atoms. The largest absolute Gasteiger partial charge is 0.302 e. The predicted octanol–water partition coefficient (Wildman–Crippen LogP) is 3.67. The summed E-state index contributed by atoms with van der Waals surface area (Å²) in [5.41, 5.74) is 0.979. The first-order valence-corrected chi connectivity index (χ1v) is 7.37. The fourth-order valence-electron chi connectivity index (χ4n) is 2.20. The van der Waals surface area contributed by atoms with E-state index < -0.39 is 10.3 Å². The number of aromatic nitrogens is 1. The highest BCUT2D eigenvalue weighted by Gasteiger charge is 2.67. The van der Waals surface area contributed by atoms with Crippen LogP contribution in [0.15, 0.2) is 41.9 Å². The molecular weight excluding hydrogens is 303 g/mol. The van der Waals surface area contributed by atoms with Gasteiger partial charge in [-0.15, -0.1) is 34.5 Å². The van der Waals surface area contributed by atoms with Crippen LogP contribution < -0.4 is 5.32 Å². The average Bonchev–Trinajstić information content (AvgIpc) is 2.76. The highest BCUT2D eigenvalue weighted by Crippen LogP contribution is 2.65. The van der Waals surface area contributed by atoms with Crippen LogP contribution in [0.3, 0.4) is 0 Å². The van der Waals surface area contributed by atoms with Gasteiger partial charge in [0, 0.05) is 17.5 Å². The second-order valence-electron chi connectivity index (χ2n) is 4.37. The summed E-state index contributed by atoms with van der Waals surface area (Å²) in [4.78, 5) is 16.2. The monoisotopic (exact) mass is 312 g/mol. The topological polar surface area (TPSA) is 42.0 Å². The molecule has 98 valence electrons. The van der Waals surface area contributed by atoms with E-state index in [9.17, 15) is 4.79 Å². The Morgan fingerprint density at radius 3 is 2.68 bits per heavy atom. The third kappa shape index (κ3) is 2.36. The third-order valence-electron chi connectivity index (χ3n) is 3.16. The smallest absolute Gasteiger partial charge is 0.233 e. The van der Waals surface area contributed by atoms with Gasteiger partial charge in [-0.3, -0.25) is 4.79 Å². The lowest BCUT2D eigenvalue weighted by molar-refractivity contribution is -0.117. The lowest BCUT2D eigenvalue weighted by atomic mass is 10.1. The molecule has 0 bridgehead atoms. The highest BCUT2D eigenvalue weighted by atomic mass is 35.5. The van der Waals surface area contributed by atoms with E-state index in [2.05, 4.69) is 10.3 Å². The van der Waals surface area contributed by atoms with Crippen LogP contribution in [0.5, 0.6) is 0 Å². The lowest BCUT2D eigenvalue weighted by Gasteiger charge is -2.00. The number of halogens is 2. The van der Waals surface area contributed by atoms with Gasteiger partial charge in [-0.25, -0.2) is 4.98 Å². The number of benzene rings is 1. The second-order valence-corrected chi connectivity index (χ2v) is 6.71. The van der Waals surface area contributed by atoms with Gasteiger partial charge in [-0.05, 0) is 5.56 Å². The molecule has 0 aliphatic heterocycles. The van der Waals surface area contributed by atoms with Crippen LogP contribution in [-0.4, -0.2) is 15.2 Å². The zero-order valence-corrected chi connectivity index (χ0v) is 12.0. The Labute approximate surface area is 124 Å². The Morgan fingerprint density at radius 2 is 2.05 bits per heavy atom. The Balaban J connectivity index is 1.77. The molecule has 1 aliphatic carbocycles. The summed E-state index contributed by atoms with van der Waals surface area (Å²) in [6.07, 6.45) is 1.64. The fraction of sp³-hybridized carbons (Fsp3) is 0.231. The van der Waals surface area contributed by atoms with Crippen molar-refractivity contribution >= 4 is 45.6 Å².